The predicted molar refractivity (Wildman–Crippen MR) is 82.7 cm³/mol. The Labute approximate surface area is 124 Å². The highest BCUT2D eigenvalue weighted by molar-refractivity contribution is 7.89. The molecule has 0 aliphatic carbocycles. The molecule has 21 heavy (non-hydrogen) atoms. The van der Waals surface area contributed by atoms with Crippen LogP contribution < -0.4 is 15.4 Å². The Hall–Kier alpha value is -2.06. The van der Waals surface area contributed by atoms with Crippen molar-refractivity contribution in [1.82, 2.24) is 9.55 Å². The molecule has 0 aliphatic heterocycles. The van der Waals surface area contributed by atoms with Crippen LogP contribution in [0.15, 0.2) is 35.4 Å². The third-order valence-electron chi connectivity index (χ3n) is 3.12. The molecule has 7 nitrogen and oxygen atoms in total. The second-order valence-corrected chi connectivity index (χ2v) is 6.49. The molecule has 0 atom stereocenters. The van der Waals surface area contributed by atoms with Crippen molar-refractivity contribution in [3.63, 3.8) is 0 Å². The molecule has 0 aliphatic rings. The van der Waals surface area contributed by atoms with Crippen molar-refractivity contribution < 1.29 is 8.42 Å². The highest BCUT2D eigenvalue weighted by Crippen LogP contribution is 2.15. The molecule has 0 spiro atoms. The number of sulfonamides is 1. The zero-order valence-corrected chi connectivity index (χ0v) is 13.1. The number of nitrogens with two attached hydrogens (primary N) is 1. The molecule has 0 radical (unpaired) electrons. The number of rotatable bonds is 5. The van der Waals surface area contributed by atoms with Gasteiger partial charge < -0.3 is 14.8 Å². The summed E-state index contributed by atoms with van der Waals surface area (Å²) in [5.41, 5.74) is 1.84. The molecular formula is C13H19N5O2S. The highest BCUT2D eigenvalue weighted by Gasteiger charge is 2.09. The van der Waals surface area contributed by atoms with E-state index >= 15 is 0 Å². The second kappa shape index (κ2) is 5.74. The summed E-state index contributed by atoms with van der Waals surface area (Å²) in [5.74, 6) is 0.872. The maximum Gasteiger partial charge on any atom is 0.238 e. The smallest absolute Gasteiger partial charge is 0.238 e. The highest BCUT2D eigenvalue weighted by atomic mass is 32.2. The maximum atomic E-state index is 11.2. The Balaban J connectivity index is 2.07. The minimum atomic E-state index is -3.65. The first-order chi connectivity index (χ1) is 9.79. The molecule has 0 fully saturated rings. The number of hydrogen-bond donors (Lipinski definition) is 2. The van der Waals surface area contributed by atoms with Gasteiger partial charge in [-0.1, -0.05) is 0 Å². The lowest BCUT2D eigenvalue weighted by Crippen LogP contribution is -2.15. The van der Waals surface area contributed by atoms with Crippen LogP contribution in [-0.4, -0.2) is 32.1 Å². The second-order valence-electron chi connectivity index (χ2n) is 4.93. The summed E-state index contributed by atoms with van der Waals surface area (Å²) in [4.78, 5) is 6.36. The standard InChI is InChI=1S/C13H19N5O2S/c1-17(2)13-16-9-11(18(13)3)8-15-10-4-6-12(7-5-10)21(14,19)20/h4-7,9,15H,8H2,1-3H3,(H2,14,19,20). The van der Waals surface area contributed by atoms with Gasteiger partial charge in [0.2, 0.25) is 16.0 Å². The molecule has 0 unspecified atom stereocenters. The van der Waals surface area contributed by atoms with Gasteiger partial charge in [-0.3, -0.25) is 0 Å². The summed E-state index contributed by atoms with van der Waals surface area (Å²) in [6.45, 7) is 0.589. The van der Waals surface area contributed by atoms with E-state index in [4.69, 9.17) is 5.14 Å². The Bertz CT molecular complexity index is 720. The molecule has 114 valence electrons. The zero-order valence-electron chi connectivity index (χ0n) is 12.2. The average Bonchev–Trinajstić information content (AvgIpc) is 2.77. The van der Waals surface area contributed by atoms with E-state index in [1.54, 1.807) is 18.3 Å². The fraction of sp³-hybridized carbons (Fsp3) is 0.308. The van der Waals surface area contributed by atoms with Crippen molar-refractivity contribution in [1.29, 1.82) is 0 Å². The number of anilines is 2. The van der Waals surface area contributed by atoms with Gasteiger partial charge >= 0.3 is 0 Å². The Morgan fingerprint density at radius 1 is 1.29 bits per heavy atom. The molecule has 0 saturated heterocycles. The van der Waals surface area contributed by atoms with Gasteiger partial charge in [0.15, 0.2) is 0 Å². The van der Waals surface area contributed by atoms with Crippen LogP contribution in [0.25, 0.3) is 0 Å². The van der Waals surface area contributed by atoms with Crippen molar-refractivity contribution in [2.75, 3.05) is 24.3 Å². The average molecular weight is 309 g/mol. The van der Waals surface area contributed by atoms with Crippen LogP contribution in [0.1, 0.15) is 5.69 Å². The number of imidazole rings is 1. The minimum Gasteiger partial charge on any atom is -0.379 e. The van der Waals surface area contributed by atoms with Crippen LogP contribution in [0.5, 0.6) is 0 Å². The van der Waals surface area contributed by atoms with Crippen LogP contribution in [-0.2, 0) is 23.6 Å². The van der Waals surface area contributed by atoms with Crippen molar-refractivity contribution >= 4 is 21.7 Å². The normalized spacial score (nSPS) is 11.4. The maximum absolute atomic E-state index is 11.2. The Morgan fingerprint density at radius 2 is 1.90 bits per heavy atom. The van der Waals surface area contributed by atoms with Crippen LogP contribution in [0, 0.1) is 0 Å². The first kappa shape index (κ1) is 15.3. The SMILES string of the molecule is CN(C)c1ncc(CNc2ccc(S(N)(=O)=O)cc2)n1C. The summed E-state index contributed by atoms with van der Waals surface area (Å²) in [7, 11) is 2.17. The van der Waals surface area contributed by atoms with Gasteiger partial charge in [-0.05, 0) is 24.3 Å². The van der Waals surface area contributed by atoms with E-state index in [1.165, 1.54) is 12.1 Å². The molecule has 2 aromatic rings. The topological polar surface area (TPSA) is 93.2 Å². The largest absolute Gasteiger partial charge is 0.379 e. The molecule has 8 heteroatoms. The van der Waals surface area contributed by atoms with E-state index < -0.39 is 10.0 Å². The third kappa shape index (κ3) is 3.53. The summed E-state index contributed by atoms with van der Waals surface area (Å²) < 4.78 is 24.3. The van der Waals surface area contributed by atoms with E-state index in [2.05, 4.69) is 10.3 Å². The van der Waals surface area contributed by atoms with E-state index in [9.17, 15) is 8.42 Å². The van der Waals surface area contributed by atoms with Gasteiger partial charge in [0, 0.05) is 26.8 Å². The Morgan fingerprint density at radius 3 is 2.38 bits per heavy atom. The third-order valence-corrected chi connectivity index (χ3v) is 4.05. The lowest BCUT2D eigenvalue weighted by atomic mass is 10.3. The van der Waals surface area contributed by atoms with E-state index in [0.717, 1.165) is 17.3 Å². The minimum absolute atomic E-state index is 0.100. The predicted octanol–water partition coefficient (Wildman–Crippen LogP) is 0.746. The lowest BCUT2D eigenvalue weighted by molar-refractivity contribution is 0.598. The van der Waals surface area contributed by atoms with Gasteiger partial charge in [0.1, 0.15) is 0 Å². The quantitative estimate of drug-likeness (QED) is 0.850. The number of aromatic nitrogens is 2. The molecule has 1 heterocycles. The first-order valence-electron chi connectivity index (χ1n) is 6.33. The summed E-state index contributed by atoms with van der Waals surface area (Å²) in [6.07, 6.45) is 1.81. The van der Waals surface area contributed by atoms with E-state index in [1.807, 2.05) is 30.6 Å². The van der Waals surface area contributed by atoms with Gasteiger partial charge in [0.05, 0.1) is 23.3 Å². The van der Waals surface area contributed by atoms with Gasteiger partial charge in [0.25, 0.3) is 0 Å². The van der Waals surface area contributed by atoms with E-state index in [-0.39, 0.29) is 4.90 Å². The molecule has 1 aromatic carbocycles. The zero-order chi connectivity index (χ0) is 15.6. The van der Waals surface area contributed by atoms with E-state index in [0.29, 0.717) is 6.54 Å². The van der Waals surface area contributed by atoms with Crippen molar-refractivity contribution in [2.45, 2.75) is 11.4 Å². The lowest BCUT2D eigenvalue weighted by Gasteiger charge is -2.13. The first-order valence-corrected chi connectivity index (χ1v) is 7.88. The Kier molecular flexibility index (Phi) is 4.19. The molecule has 3 N–H and O–H groups in total. The van der Waals surface area contributed by atoms with Crippen LogP contribution >= 0.6 is 0 Å². The molecule has 0 bridgehead atoms. The van der Waals surface area contributed by atoms with Gasteiger partial charge in [-0.2, -0.15) is 0 Å². The van der Waals surface area contributed by atoms with Gasteiger partial charge in [-0.15, -0.1) is 0 Å². The van der Waals surface area contributed by atoms with Crippen molar-refractivity contribution in [2.24, 2.45) is 12.2 Å². The number of nitrogens with zero attached hydrogens (tertiary/aromatic N) is 3. The fourth-order valence-corrected chi connectivity index (χ4v) is 2.48. The van der Waals surface area contributed by atoms with Crippen LogP contribution in [0.3, 0.4) is 0 Å². The number of nitrogens with one attached hydrogen (secondary N) is 1. The summed E-state index contributed by atoms with van der Waals surface area (Å²) >= 11 is 0. The van der Waals surface area contributed by atoms with Crippen LogP contribution in [0.4, 0.5) is 11.6 Å². The van der Waals surface area contributed by atoms with Crippen molar-refractivity contribution in [3.05, 3.63) is 36.2 Å². The molecule has 1 aromatic heterocycles. The molecule has 2 rings (SSSR count). The van der Waals surface area contributed by atoms with Crippen molar-refractivity contribution in [3.8, 4) is 0 Å². The fourth-order valence-electron chi connectivity index (χ4n) is 1.97. The van der Waals surface area contributed by atoms with Crippen LogP contribution in [0.2, 0.25) is 0 Å². The number of primary sulfonamides is 1. The number of benzene rings is 1. The number of hydrogen-bond acceptors (Lipinski definition) is 5. The molecule has 0 saturated carbocycles. The molecular weight excluding hydrogens is 290 g/mol. The molecule has 0 amide bonds. The summed E-state index contributed by atoms with van der Waals surface area (Å²) in [5, 5.41) is 8.28. The summed E-state index contributed by atoms with van der Waals surface area (Å²) in [6, 6.07) is 6.32. The monoisotopic (exact) mass is 309 g/mol. The van der Waals surface area contributed by atoms with Gasteiger partial charge in [-0.25, -0.2) is 18.5 Å².